The molecule has 5 rings (SSSR count). The fraction of sp³-hybridized carbons (Fsp3) is 0.667. The SMILES string of the molecule is CCN(B1O[C@@H]2C[C@@H]3C[C@@H](C3(C)C)[C@]2(C)O1)c1ccccc1.Cl. The summed E-state index contributed by atoms with van der Waals surface area (Å²) in [7, 11) is -0.252. The third-order valence-electron chi connectivity index (χ3n) is 6.62. The predicted molar refractivity (Wildman–Crippen MR) is 96.8 cm³/mol. The van der Waals surface area contributed by atoms with Crippen molar-refractivity contribution >= 4 is 25.3 Å². The normalized spacial score (nSPS) is 36.7. The minimum absolute atomic E-state index is 0. The summed E-state index contributed by atoms with van der Waals surface area (Å²) in [6.45, 7) is 10.1. The highest BCUT2D eigenvalue weighted by atomic mass is 35.5. The van der Waals surface area contributed by atoms with Crippen molar-refractivity contribution in [3.05, 3.63) is 30.3 Å². The molecule has 3 saturated carbocycles. The van der Waals surface area contributed by atoms with Crippen molar-refractivity contribution in [3.8, 4) is 0 Å². The standard InChI is InChI=1S/C18H26BNO2.ClH/c1-5-20(14-9-7-6-8-10-14)19-21-16-12-13-11-15(17(13,2)3)18(16,4)22-19;/h6-10,13,15-16H,5,11-12H2,1-4H3;1H/t13-,15-,16+,18-;/m0./s1. The van der Waals surface area contributed by atoms with E-state index in [1.54, 1.807) is 0 Å². The first-order valence-electron chi connectivity index (χ1n) is 8.61. The average molecular weight is 336 g/mol. The molecule has 0 amide bonds. The Bertz CT molecular complexity index is 569. The molecule has 0 N–H and O–H groups in total. The maximum Gasteiger partial charge on any atom is 0.594 e. The fourth-order valence-corrected chi connectivity index (χ4v) is 5.05. The van der Waals surface area contributed by atoms with E-state index in [0.29, 0.717) is 11.3 Å². The first-order valence-corrected chi connectivity index (χ1v) is 8.61. The highest BCUT2D eigenvalue weighted by molar-refractivity contribution is 6.50. The third-order valence-corrected chi connectivity index (χ3v) is 6.62. The summed E-state index contributed by atoms with van der Waals surface area (Å²) in [5, 5.41) is 0. The van der Waals surface area contributed by atoms with Crippen LogP contribution < -0.4 is 4.81 Å². The van der Waals surface area contributed by atoms with Gasteiger partial charge >= 0.3 is 7.25 Å². The lowest BCUT2D eigenvalue weighted by molar-refractivity contribution is -0.199. The Morgan fingerprint density at radius 2 is 1.87 bits per heavy atom. The van der Waals surface area contributed by atoms with E-state index < -0.39 is 0 Å². The Morgan fingerprint density at radius 3 is 2.48 bits per heavy atom. The Morgan fingerprint density at radius 1 is 1.17 bits per heavy atom. The average Bonchev–Trinajstić information content (AvgIpc) is 2.85. The van der Waals surface area contributed by atoms with E-state index in [0.717, 1.165) is 18.9 Å². The van der Waals surface area contributed by atoms with E-state index in [4.69, 9.17) is 9.31 Å². The van der Waals surface area contributed by atoms with E-state index in [-0.39, 0.29) is 31.4 Å². The van der Waals surface area contributed by atoms with Gasteiger partial charge < -0.3 is 14.1 Å². The molecule has 0 aromatic heterocycles. The number of hydrogen-bond acceptors (Lipinski definition) is 3. The van der Waals surface area contributed by atoms with E-state index >= 15 is 0 Å². The van der Waals surface area contributed by atoms with Crippen molar-refractivity contribution < 1.29 is 9.31 Å². The number of para-hydroxylation sites is 1. The van der Waals surface area contributed by atoms with Gasteiger partial charge in [-0.1, -0.05) is 32.0 Å². The zero-order valence-electron chi connectivity index (χ0n) is 14.5. The van der Waals surface area contributed by atoms with Crippen molar-refractivity contribution in [1.29, 1.82) is 0 Å². The van der Waals surface area contributed by atoms with Gasteiger partial charge in [0.1, 0.15) is 0 Å². The van der Waals surface area contributed by atoms with E-state index in [9.17, 15) is 0 Å². The Labute approximate surface area is 146 Å². The molecular formula is C18H27BClNO2. The molecule has 0 unspecified atom stereocenters. The second kappa shape index (κ2) is 5.68. The van der Waals surface area contributed by atoms with Crippen LogP contribution in [0.25, 0.3) is 0 Å². The van der Waals surface area contributed by atoms with Gasteiger partial charge in [0.05, 0.1) is 11.7 Å². The van der Waals surface area contributed by atoms with Gasteiger partial charge in [-0.25, -0.2) is 0 Å². The maximum absolute atomic E-state index is 6.55. The predicted octanol–water partition coefficient (Wildman–Crippen LogP) is 4.16. The monoisotopic (exact) mass is 335 g/mol. The van der Waals surface area contributed by atoms with Gasteiger partial charge in [0.2, 0.25) is 0 Å². The summed E-state index contributed by atoms with van der Waals surface area (Å²) >= 11 is 0. The summed E-state index contributed by atoms with van der Waals surface area (Å²) in [6, 6.07) is 10.4. The highest BCUT2D eigenvalue weighted by Crippen LogP contribution is 2.65. The number of hydrogen-bond donors (Lipinski definition) is 0. The van der Waals surface area contributed by atoms with Gasteiger partial charge in [-0.15, -0.1) is 12.4 Å². The van der Waals surface area contributed by atoms with Gasteiger partial charge in [-0.05, 0) is 56.1 Å². The van der Waals surface area contributed by atoms with Crippen molar-refractivity contribution in [1.82, 2.24) is 0 Å². The van der Waals surface area contributed by atoms with Gasteiger partial charge in [-0.3, -0.25) is 0 Å². The van der Waals surface area contributed by atoms with Crippen LogP contribution in [-0.4, -0.2) is 25.5 Å². The summed E-state index contributed by atoms with van der Waals surface area (Å²) in [5.74, 6) is 1.41. The molecule has 23 heavy (non-hydrogen) atoms. The number of benzene rings is 1. The molecule has 1 heterocycles. The van der Waals surface area contributed by atoms with E-state index in [1.807, 2.05) is 6.07 Å². The number of nitrogens with zero attached hydrogens (tertiary/aromatic N) is 1. The number of anilines is 1. The molecule has 1 aromatic carbocycles. The lowest BCUT2D eigenvalue weighted by Crippen LogP contribution is -2.65. The van der Waals surface area contributed by atoms with Crippen LogP contribution in [-0.2, 0) is 9.31 Å². The molecule has 0 spiro atoms. The minimum atomic E-state index is -0.252. The van der Waals surface area contributed by atoms with Gasteiger partial charge in [0.25, 0.3) is 0 Å². The van der Waals surface area contributed by atoms with Crippen LogP contribution in [0.1, 0.15) is 40.5 Å². The van der Waals surface area contributed by atoms with Crippen LogP contribution in [0.5, 0.6) is 0 Å². The first kappa shape index (κ1) is 17.1. The summed E-state index contributed by atoms with van der Waals surface area (Å²) in [5.41, 5.74) is 1.43. The maximum atomic E-state index is 6.55. The lowest BCUT2D eigenvalue weighted by Gasteiger charge is -2.64. The summed E-state index contributed by atoms with van der Waals surface area (Å²) in [4.78, 5) is 2.23. The first-order chi connectivity index (χ1) is 10.5. The molecule has 0 radical (unpaired) electrons. The molecule has 1 aromatic rings. The molecule has 4 aliphatic rings. The van der Waals surface area contributed by atoms with Crippen molar-refractivity contribution in [2.24, 2.45) is 17.3 Å². The Kier molecular flexibility index (Phi) is 4.23. The molecule has 1 aliphatic heterocycles. The molecule has 4 fully saturated rings. The fourth-order valence-electron chi connectivity index (χ4n) is 5.05. The minimum Gasteiger partial charge on any atom is -0.386 e. The quantitative estimate of drug-likeness (QED) is 0.774. The second-order valence-electron chi connectivity index (χ2n) is 7.90. The molecule has 4 atom stereocenters. The highest BCUT2D eigenvalue weighted by Gasteiger charge is 2.68. The molecule has 3 aliphatic carbocycles. The van der Waals surface area contributed by atoms with Crippen LogP contribution in [0.4, 0.5) is 5.69 Å². The van der Waals surface area contributed by atoms with Crippen molar-refractivity contribution in [3.63, 3.8) is 0 Å². The Balaban J connectivity index is 0.00000156. The third kappa shape index (κ3) is 2.33. The van der Waals surface area contributed by atoms with Gasteiger partial charge in [-0.2, -0.15) is 0 Å². The van der Waals surface area contributed by atoms with Crippen LogP contribution in [0, 0.1) is 17.3 Å². The molecule has 5 heteroatoms. The van der Waals surface area contributed by atoms with Crippen LogP contribution >= 0.6 is 12.4 Å². The Hall–Kier alpha value is -0.705. The lowest BCUT2D eigenvalue weighted by atomic mass is 9.43. The van der Waals surface area contributed by atoms with E-state index in [1.165, 1.54) is 12.1 Å². The number of rotatable bonds is 3. The summed E-state index contributed by atoms with van der Waals surface area (Å²) < 4.78 is 12.9. The van der Waals surface area contributed by atoms with Crippen molar-refractivity contribution in [2.75, 3.05) is 11.4 Å². The molecule has 1 saturated heterocycles. The zero-order chi connectivity index (χ0) is 15.5. The smallest absolute Gasteiger partial charge is 0.386 e. The summed E-state index contributed by atoms with van der Waals surface area (Å²) in [6.07, 6.45) is 2.68. The van der Waals surface area contributed by atoms with Crippen LogP contribution in [0.15, 0.2) is 30.3 Å². The van der Waals surface area contributed by atoms with Crippen LogP contribution in [0.3, 0.4) is 0 Å². The van der Waals surface area contributed by atoms with Crippen LogP contribution in [0.2, 0.25) is 0 Å². The van der Waals surface area contributed by atoms with E-state index in [2.05, 4.69) is 56.8 Å². The molecular weight excluding hydrogens is 308 g/mol. The largest absolute Gasteiger partial charge is 0.594 e. The topological polar surface area (TPSA) is 21.7 Å². The molecule has 126 valence electrons. The van der Waals surface area contributed by atoms with Gasteiger partial charge in [0.15, 0.2) is 0 Å². The molecule has 3 nitrogen and oxygen atoms in total. The molecule has 2 bridgehead atoms. The number of halogens is 1. The zero-order valence-corrected chi connectivity index (χ0v) is 15.3. The van der Waals surface area contributed by atoms with Gasteiger partial charge in [0, 0.05) is 12.2 Å². The van der Waals surface area contributed by atoms with Crippen molar-refractivity contribution in [2.45, 2.75) is 52.2 Å². The second-order valence-corrected chi connectivity index (χ2v) is 7.90.